The van der Waals surface area contributed by atoms with E-state index in [9.17, 15) is 19.1 Å². The van der Waals surface area contributed by atoms with E-state index in [1.165, 1.54) is 24.3 Å². The number of Topliss-reactive ketones (excluding diaryl/α,β-unsaturated/α-hetero) is 2. The average molecular weight is 559 g/mol. The van der Waals surface area contributed by atoms with E-state index < -0.39 is 5.60 Å². The molecule has 0 bridgehead atoms. The minimum atomic E-state index is -0.907. The van der Waals surface area contributed by atoms with E-state index in [-0.39, 0.29) is 29.8 Å². The summed E-state index contributed by atoms with van der Waals surface area (Å²) < 4.78 is 14.0. The Balaban J connectivity index is 0.00000400. The lowest BCUT2D eigenvalue weighted by atomic mass is 9.83. The Bertz CT molecular complexity index is 1190. The first-order chi connectivity index (χ1) is 17.8. The Morgan fingerprint density at radius 3 is 1.82 bits per heavy atom. The predicted octanol–water partition coefficient (Wildman–Crippen LogP) is 3.61. The first-order valence-electron chi connectivity index (χ1n) is 13.0. The normalized spacial score (nSPS) is 20.9. The lowest BCUT2D eigenvalue weighted by Gasteiger charge is -2.47. The number of piperidine rings is 1. The Kier molecular flexibility index (Phi) is 10.6. The summed E-state index contributed by atoms with van der Waals surface area (Å²) in [6.45, 7) is 3.15. The van der Waals surface area contributed by atoms with E-state index in [1.807, 2.05) is 54.6 Å². The molecule has 1 saturated heterocycles. The van der Waals surface area contributed by atoms with Crippen LogP contribution in [-0.2, 0) is 5.60 Å². The maximum absolute atomic E-state index is 13.2. The van der Waals surface area contributed by atoms with Gasteiger partial charge in [0.1, 0.15) is 11.4 Å². The van der Waals surface area contributed by atoms with Gasteiger partial charge in [-0.15, -0.1) is 0 Å². The number of likely N-dealkylation sites (tertiary alicyclic amines) is 1. The monoisotopic (exact) mass is 557 g/mol. The molecular weight excluding hydrogens is 524 g/mol. The van der Waals surface area contributed by atoms with Crippen molar-refractivity contribution in [2.75, 3.05) is 26.2 Å². The quantitative estimate of drug-likeness (QED) is 0.289. The summed E-state index contributed by atoms with van der Waals surface area (Å²) in [7, 11) is 0. The second-order valence-corrected chi connectivity index (χ2v) is 10.6. The van der Waals surface area contributed by atoms with Gasteiger partial charge in [-0.2, -0.15) is 0 Å². The summed E-state index contributed by atoms with van der Waals surface area (Å²) in [5.74, 6) is -0.209. The van der Waals surface area contributed by atoms with Crippen molar-refractivity contribution in [1.82, 2.24) is 0 Å². The summed E-state index contributed by atoms with van der Waals surface area (Å²) >= 11 is 6.04. The number of quaternary nitrogens is 1. The van der Waals surface area contributed by atoms with Crippen LogP contribution in [0.4, 0.5) is 4.39 Å². The molecular formula is C31H34Cl2FNO3. The van der Waals surface area contributed by atoms with E-state index in [4.69, 9.17) is 11.6 Å². The molecule has 38 heavy (non-hydrogen) atoms. The number of nitrogens with zero attached hydrogens (tertiary/aromatic N) is 1. The fourth-order valence-electron chi connectivity index (χ4n) is 5.39. The molecule has 7 heteroatoms. The summed E-state index contributed by atoms with van der Waals surface area (Å²) in [6, 6.07) is 22.4. The van der Waals surface area contributed by atoms with E-state index >= 15 is 0 Å². The molecule has 0 unspecified atom stereocenters. The minimum Gasteiger partial charge on any atom is -1.00 e. The summed E-state index contributed by atoms with van der Waals surface area (Å²) in [6.07, 6.45) is 3.51. The second-order valence-electron chi connectivity index (χ2n) is 10.2. The lowest BCUT2D eigenvalue weighted by molar-refractivity contribution is -0.935. The van der Waals surface area contributed by atoms with Gasteiger partial charge in [-0.05, 0) is 42.0 Å². The highest BCUT2D eigenvalue weighted by atomic mass is 35.5. The van der Waals surface area contributed by atoms with Gasteiger partial charge in [-0.25, -0.2) is 4.39 Å². The van der Waals surface area contributed by atoms with Crippen LogP contribution in [0.5, 0.6) is 0 Å². The molecule has 1 heterocycles. The van der Waals surface area contributed by atoms with Crippen molar-refractivity contribution in [3.63, 3.8) is 0 Å². The zero-order valence-corrected chi connectivity index (χ0v) is 22.9. The number of rotatable bonds is 11. The van der Waals surface area contributed by atoms with Crippen LogP contribution in [0.3, 0.4) is 0 Å². The summed E-state index contributed by atoms with van der Waals surface area (Å²) in [4.78, 5) is 25.3. The van der Waals surface area contributed by atoms with Crippen LogP contribution >= 0.6 is 11.6 Å². The molecule has 1 N–H and O–H groups in total. The molecule has 4 nitrogen and oxygen atoms in total. The molecule has 1 aliphatic heterocycles. The number of benzene rings is 3. The summed E-state index contributed by atoms with van der Waals surface area (Å²) in [5, 5.41) is 12.1. The van der Waals surface area contributed by atoms with E-state index in [2.05, 4.69) is 0 Å². The third-order valence-electron chi connectivity index (χ3n) is 7.72. The molecule has 0 amide bonds. The molecule has 0 radical (unpaired) electrons. The van der Waals surface area contributed by atoms with Crippen LogP contribution in [0.2, 0.25) is 5.02 Å². The molecule has 4 rings (SSSR count). The number of carbonyl (C=O) groups is 2. The number of carbonyl (C=O) groups excluding carboxylic acids is 2. The average Bonchev–Trinajstić information content (AvgIpc) is 2.91. The van der Waals surface area contributed by atoms with Gasteiger partial charge in [0.2, 0.25) is 0 Å². The molecule has 0 atom stereocenters. The van der Waals surface area contributed by atoms with Crippen molar-refractivity contribution in [1.29, 1.82) is 0 Å². The second kappa shape index (κ2) is 13.5. The largest absolute Gasteiger partial charge is 1.00 e. The smallest absolute Gasteiger partial charge is 0.163 e. The molecule has 0 spiro atoms. The fourth-order valence-corrected chi connectivity index (χ4v) is 5.51. The minimum absolute atomic E-state index is 0. The maximum atomic E-state index is 13.2. The predicted molar refractivity (Wildman–Crippen MR) is 144 cm³/mol. The van der Waals surface area contributed by atoms with Gasteiger partial charge in [0.25, 0.3) is 0 Å². The zero-order chi connectivity index (χ0) is 26.3. The van der Waals surface area contributed by atoms with Gasteiger partial charge in [-0.3, -0.25) is 9.59 Å². The van der Waals surface area contributed by atoms with Gasteiger partial charge in [0.15, 0.2) is 11.6 Å². The van der Waals surface area contributed by atoms with E-state index in [0.717, 1.165) is 48.2 Å². The SMILES string of the molecule is O=C(CCC[N+]1(CCCC(=O)c2ccc(F)cc2)CCC(O)(c2ccc(Cl)cc2)CC1)c1ccccc1.[Cl-]. The molecule has 3 aromatic carbocycles. The molecule has 0 aromatic heterocycles. The topological polar surface area (TPSA) is 54.4 Å². The van der Waals surface area contributed by atoms with Gasteiger partial charge in [0.05, 0.1) is 26.2 Å². The van der Waals surface area contributed by atoms with Crippen LogP contribution in [0.25, 0.3) is 0 Å². The van der Waals surface area contributed by atoms with Gasteiger partial charge < -0.3 is 22.0 Å². The number of aliphatic hydroxyl groups is 1. The van der Waals surface area contributed by atoms with E-state index in [0.29, 0.717) is 42.7 Å². The van der Waals surface area contributed by atoms with Crippen LogP contribution in [0.1, 0.15) is 64.8 Å². The fraction of sp³-hybridized carbons (Fsp3) is 0.355. The molecule has 202 valence electrons. The van der Waals surface area contributed by atoms with Crippen molar-refractivity contribution in [3.8, 4) is 0 Å². The highest BCUT2D eigenvalue weighted by molar-refractivity contribution is 6.30. The van der Waals surface area contributed by atoms with Crippen molar-refractivity contribution >= 4 is 23.2 Å². The van der Waals surface area contributed by atoms with Crippen molar-refractivity contribution in [2.24, 2.45) is 0 Å². The third-order valence-corrected chi connectivity index (χ3v) is 7.97. The van der Waals surface area contributed by atoms with E-state index in [1.54, 1.807) is 0 Å². The van der Waals surface area contributed by atoms with Crippen molar-refractivity contribution in [3.05, 3.63) is 106 Å². The molecule has 0 saturated carbocycles. The first-order valence-corrected chi connectivity index (χ1v) is 13.4. The highest BCUT2D eigenvalue weighted by Crippen LogP contribution is 2.37. The summed E-state index contributed by atoms with van der Waals surface area (Å²) in [5.41, 5.74) is 1.23. The zero-order valence-electron chi connectivity index (χ0n) is 21.4. The maximum Gasteiger partial charge on any atom is 0.163 e. The molecule has 1 fully saturated rings. The van der Waals surface area contributed by atoms with Crippen LogP contribution in [-0.4, -0.2) is 47.3 Å². The van der Waals surface area contributed by atoms with Gasteiger partial charge in [-0.1, -0.05) is 54.1 Å². The van der Waals surface area contributed by atoms with Gasteiger partial charge >= 0.3 is 0 Å². The molecule has 1 aliphatic rings. The number of ketones is 2. The van der Waals surface area contributed by atoms with Crippen LogP contribution < -0.4 is 12.4 Å². The Labute approximate surface area is 235 Å². The van der Waals surface area contributed by atoms with Crippen LogP contribution in [0, 0.1) is 5.82 Å². The standard InChI is InChI=1S/C31H34ClFNO3.ClH/c32-27-14-12-26(13-15-27)31(37)18-22-34(23-19-31,20-4-8-29(35)24-6-2-1-3-7-24)21-5-9-30(36)25-10-16-28(33)17-11-25;/h1-3,6-7,10-17,37H,4-5,8-9,18-23H2;1H/q+1;/p-1. The van der Waals surface area contributed by atoms with Crippen molar-refractivity contribution in [2.45, 2.75) is 44.1 Å². The number of hydrogen-bond acceptors (Lipinski definition) is 3. The third kappa shape index (κ3) is 7.73. The Hall–Kier alpha value is -2.57. The Morgan fingerprint density at radius 2 is 1.29 bits per heavy atom. The number of halogens is 3. The molecule has 0 aliphatic carbocycles. The lowest BCUT2D eigenvalue weighted by Crippen LogP contribution is -3.00. The first kappa shape index (κ1) is 30.0. The Morgan fingerprint density at radius 1 is 0.789 bits per heavy atom. The van der Waals surface area contributed by atoms with Crippen molar-refractivity contribution < 1.29 is 36.0 Å². The van der Waals surface area contributed by atoms with Crippen LogP contribution in [0.15, 0.2) is 78.9 Å². The molecule has 3 aromatic rings. The van der Waals surface area contributed by atoms with Gasteiger partial charge in [0, 0.05) is 54.7 Å². The number of hydrogen-bond donors (Lipinski definition) is 1. The highest BCUT2D eigenvalue weighted by Gasteiger charge is 2.42.